The van der Waals surface area contributed by atoms with Crippen LogP contribution in [-0.4, -0.2) is 5.78 Å². The van der Waals surface area contributed by atoms with Crippen LogP contribution in [0.1, 0.15) is 55.5 Å². The zero-order chi connectivity index (χ0) is 12.8. The number of hydrogen-bond acceptors (Lipinski definition) is 1. The Morgan fingerprint density at radius 2 is 2.06 bits per heavy atom. The van der Waals surface area contributed by atoms with E-state index in [0.717, 1.165) is 36.8 Å². The number of Topliss-reactive ketones (excluding diaryl/α,β-unsaturated/α-hetero) is 1. The molecule has 0 bridgehead atoms. The van der Waals surface area contributed by atoms with Gasteiger partial charge >= 0.3 is 0 Å². The molecule has 1 atom stereocenters. The summed E-state index contributed by atoms with van der Waals surface area (Å²) < 4.78 is 0. The molecule has 0 aliphatic rings. The number of benzene rings is 1. The van der Waals surface area contributed by atoms with Crippen molar-refractivity contribution in [3.05, 3.63) is 34.3 Å². The fourth-order valence-electron chi connectivity index (χ4n) is 2.09. The highest BCUT2D eigenvalue weighted by atomic mass is 35.5. The van der Waals surface area contributed by atoms with Crippen molar-refractivity contribution in [2.45, 2.75) is 46.5 Å². The van der Waals surface area contributed by atoms with E-state index < -0.39 is 0 Å². The van der Waals surface area contributed by atoms with E-state index in [0.29, 0.717) is 5.02 Å². The Morgan fingerprint density at radius 3 is 2.59 bits per heavy atom. The second kappa shape index (κ2) is 6.80. The zero-order valence-electron chi connectivity index (χ0n) is 10.9. The lowest BCUT2D eigenvalue weighted by Gasteiger charge is -2.14. The molecule has 1 aromatic rings. The third-order valence-electron chi connectivity index (χ3n) is 3.22. The molecule has 94 valence electrons. The van der Waals surface area contributed by atoms with E-state index >= 15 is 0 Å². The van der Waals surface area contributed by atoms with Crippen LogP contribution in [0.2, 0.25) is 5.02 Å². The van der Waals surface area contributed by atoms with Gasteiger partial charge in [0.25, 0.3) is 0 Å². The van der Waals surface area contributed by atoms with Crippen LogP contribution in [0.25, 0.3) is 0 Å². The molecular formula is C15H21ClO. The van der Waals surface area contributed by atoms with Crippen molar-refractivity contribution in [1.82, 2.24) is 0 Å². The van der Waals surface area contributed by atoms with Crippen molar-refractivity contribution in [3.8, 4) is 0 Å². The molecule has 0 saturated carbocycles. The lowest BCUT2D eigenvalue weighted by atomic mass is 9.89. The highest BCUT2D eigenvalue weighted by molar-refractivity contribution is 6.30. The van der Waals surface area contributed by atoms with Crippen LogP contribution in [0.15, 0.2) is 18.2 Å². The minimum atomic E-state index is 0.162. The molecule has 1 rings (SSSR count). The first-order valence-corrected chi connectivity index (χ1v) is 6.78. The number of halogens is 1. The van der Waals surface area contributed by atoms with Gasteiger partial charge in [0, 0.05) is 16.5 Å². The van der Waals surface area contributed by atoms with E-state index in [2.05, 4.69) is 13.8 Å². The Bertz CT molecular complexity index is 385. The van der Waals surface area contributed by atoms with Gasteiger partial charge in [0.1, 0.15) is 0 Å². The number of hydrogen-bond donors (Lipinski definition) is 0. The number of carbonyl (C=O) groups is 1. The second-order valence-corrected chi connectivity index (χ2v) is 5.01. The number of unbranched alkanes of at least 4 members (excludes halogenated alkanes) is 1. The lowest BCUT2D eigenvalue weighted by Crippen LogP contribution is -2.15. The summed E-state index contributed by atoms with van der Waals surface area (Å²) >= 11 is 5.91. The van der Waals surface area contributed by atoms with Crippen molar-refractivity contribution < 1.29 is 4.79 Å². The maximum Gasteiger partial charge on any atom is 0.166 e. The van der Waals surface area contributed by atoms with Crippen LogP contribution >= 0.6 is 11.6 Å². The molecule has 0 N–H and O–H groups in total. The van der Waals surface area contributed by atoms with Crippen LogP contribution in [0.4, 0.5) is 0 Å². The number of ketones is 1. The van der Waals surface area contributed by atoms with Crippen LogP contribution in [0.5, 0.6) is 0 Å². The van der Waals surface area contributed by atoms with Gasteiger partial charge in [0.05, 0.1) is 0 Å². The van der Waals surface area contributed by atoms with E-state index in [4.69, 9.17) is 11.6 Å². The van der Waals surface area contributed by atoms with E-state index in [9.17, 15) is 4.79 Å². The Balaban J connectivity index is 2.86. The first kappa shape index (κ1) is 14.2. The van der Waals surface area contributed by atoms with Crippen LogP contribution in [0, 0.1) is 12.8 Å². The fraction of sp³-hybridized carbons (Fsp3) is 0.533. The smallest absolute Gasteiger partial charge is 0.166 e. The monoisotopic (exact) mass is 252 g/mol. The molecule has 1 nitrogen and oxygen atoms in total. The molecular weight excluding hydrogens is 232 g/mol. The van der Waals surface area contributed by atoms with Crippen molar-refractivity contribution in [2.75, 3.05) is 0 Å². The zero-order valence-corrected chi connectivity index (χ0v) is 11.7. The Kier molecular flexibility index (Phi) is 5.70. The number of carbonyl (C=O) groups excluding carboxylic acids is 1. The molecule has 0 heterocycles. The highest BCUT2D eigenvalue weighted by Crippen LogP contribution is 2.22. The standard InChI is InChI=1S/C15H21ClO/c1-4-6-7-12(5-2)15(17)14-9-8-13(16)10-11(14)3/h8-10,12H,4-7H2,1-3H3. The Hall–Kier alpha value is -0.820. The van der Waals surface area contributed by atoms with Gasteiger partial charge in [-0.2, -0.15) is 0 Å². The number of rotatable bonds is 6. The molecule has 0 spiro atoms. The maximum atomic E-state index is 12.4. The van der Waals surface area contributed by atoms with E-state index in [1.807, 2.05) is 19.1 Å². The quantitative estimate of drug-likeness (QED) is 0.648. The van der Waals surface area contributed by atoms with Gasteiger partial charge in [-0.3, -0.25) is 4.79 Å². The largest absolute Gasteiger partial charge is 0.294 e. The Morgan fingerprint density at radius 1 is 1.35 bits per heavy atom. The highest BCUT2D eigenvalue weighted by Gasteiger charge is 2.19. The van der Waals surface area contributed by atoms with Gasteiger partial charge in [-0.05, 0) is 43.5 Å². The normalized spacial score (nSPS) is 12.5. The van der Waals surface area contributed by atoms with Crippen molar-refractivity contribution >= 4 is 17.4 Å². The molecule has 1 aromatic carbocycles. The van der Waals surface area contributed by atoms with E-state index in [-0.39, 0.29) is 11.7 Å². The molecule has 0 aliphatic carbocycles. The molecule has 0 aromatic heterocycles. The molecule has 17 heavy (non-hydrogen) atoms. The van der Waals surface area contributed by atoms with E-state index in [1.54, 1.807) is 6.07 Å². The average molecular weight is 253 g/mol. The SMILES string of the molecule is CCCCC(CC)C(=O)c1ccc(Cl)cc1C. The summed E-state index contributed by atoms with van der Waals surface area (Å²) in [4.78, 5) is 12.4. The maximum absolute atomic E-state index is 12.4. The first-order valence-electron chi connectivity index (χ1n) is 6.40. The predicted octanol–water partition coefficient (Wildman–Crippen LogP) is 5.05. The van der Waals surface area contributed by atoms with Gasteiger partial charge in [-0.1, -0.05) is 38.3 Å². The number of aryl methyl sites for hydroxylation is 1. The molecule has 0 fully saturated rings. The van der Waals surface area contributed by atoms with Crippen molar-refractivity contribution in [2.24, 2.45) is 5.92 Å². The molecule has 1 unspecified atom stereocenters. The van der Waals surface area contributed by atoms with Crippen LogP contribution in [0.3, 0.4) is 0 Å². The molecule has 0 amide bonds. The van der Waals surface area contributed by atoms with Crippen LogP contribution < -0.4 is 0 Å². The summed E-state index contributed by atoms with van der Waals surface area (Å²) in [5, 5.41) is 0.695. The molecule has 2 heteroatoms. The third kappa shape index (κ3) is 3.85. The topological polar surface area (TPSA) is 17.1 Å². The first-order chi connectivity index (χ1) is 8.10. The summed E-state index contributed by atoms with van der Waals surface area (Å²) in [5.41, 5.74) is 1.81. The van der Waals surface area contributed by atoms with Crippen molar-refractivity contribution in [3.63, 3.8) is 0 Å². The van der Waals surface area contributed by atoms with Gasteiger partial charge in [0.2, 0.25) is 0 Å². The minimum Gasteiger partial charge on any atom is -0.294 e. The predicted molar refractivity (Wildman–Crippen MR) is 73.8 cm³/mol. The van der Waals surface area contributed by atoms with Gasteiger partial charge in [-0.15, -0.1) is 0 Å². The lowest BCUT2D eigenvalue weighted by molar-refractivity contribution is 0.0907. The summed E-state index contributed by atoms with van der Waals surface area (Å²) in [5.74, 6) is 0.435. The minimum absolute atomic E-state index is 0.162. The van der Waals surface area contributed by atoms with Crippen LogP contribution in [-0.2, 0) is 0 Å². The molecule has 0 radical (unpaired) electrons. The molecule has 0 saturated heterocycles. The summed E-state index contributed by atoms with van der Waals surface area (Å²) in [6, 6.07) is 5.52. The Labute approximate surface area is 109 Å². The molecule has 0 aliphatic heterocycles. The third-order valence-corrected chi connectivity index (χ3v) is 3.46. The summed E-state index contributed by atoms with van der Waals surface area (Å²) in [7, 11) is 0. The van der Waals surface area contributed by atoms with Gasteiger partial charge in [0.15, 0.2) is 5.78 Å². The van der Waals surface area contributed by atoms with E-state index in [1.165, 1.54) is 0 Å². The van der Waals surface area contributed by atoms with Gasteiger partial charge in [-0.25, -0.2) is 0 Å². The second-order valence-electron chi connectivity index (χ2n) is 4.57. The summed E-state index contributed by atoms with van der Waals surface area (Å²) in [6.07, 6.45) is 4.18. The van der Waals surface area contributed by atoms with Crippen molar-refractivity contribution in [1.29, 1.82) is 0 Å². The summed E-state index contributed by atoms with van der Waals surface area (Å²) in [6.45, 7) is 6.19. The van der Waals surface area contributed by atoms with Gasteiger partial charge < -0.3 is 0 Å². The average Bonchev–Trinajstić information content (AvgIpc) is 2.29. The fourth-order valence-corrected chi connectivity index (χ4v) is 2.32.